The van der Waals surface area contributed by atoms with E-state index in [1.165, 1.54) is 0 Å². The number of carbonyl (C=O) groups is 4. The number of rotatable bonds is 4. The molecule has 2 fully saturated rings. The van der Waals surface area contributed by atoms with Gasteiger partial charge in [-0.05, 0) is 36.1 Å². The Kier molecular flexibility index (Phi) is 4.91. The number of piperidine rings is 1. The summed E-state index contributed by atoms with van der Waals surface area (Å²) in [4.78, 5) is 52.7. The zero-order chi connectivity index (χ0) is 22.5. The van der Waals surface area contributed by atoms with E-state index in [9.17, 15) is 19.2 Å². The van der Waals surface area contributed by atoms with Crippen LogP contribution in [0.25, 0.3) is 0 Å². The third-order valence-corrected chi connectivity index (χ3v) is 6.64. The van der Waals surface area contributed by atoms with Gasteiger partial charge in [-0.1, -0.05) is 36.4 Å². The number of amides is 4. The van der Waals surface area contributed by atoms with Gasteiger partial charge in [0.1, 0.15) is 6.04 Å². The summed E-state index contributed by atoms with van der Waals surface area (Å²) < 4.78 is 0. The predicted octanol–water partition coefficient (Wildman–Crippen LogP) is 1.15. The van der Waals surface area contributed by atoms with Crippen LogP contribution in [0.4, 0.5) is 0 Å². The van der Waals surface area contributed by atoms with Crippen molar-refractivity contribution in [2.24, 2.45) is 5.73 Å². The second kappa shape index (κ2) is 7.65. The van der Waals surface area contributed by atoms with E-state index in [-0.39, 0.29) is 18.7 Å². The van der Waals surface area contributed by atoms with E-state index in [0.717, 1.165) is 29.0 Å². The van der Waals surface area contributed by atoms with E-state index in [4.69, 9.17) is 5.73 Å². The third kappa shape index (κ3) is 3.41. The lowest BCUT2D eigenvalue weighted by Gasteiger charge is -2.27. The van der Waals surface area contributed by atoms with Gasteiger partial charge in [-0.25, -0.2) is 0 Å². The highest BCUT2D eigenvalue weighted by Gasteiger charge is 2.44. The number of nitrogens with one attached hydrogen (secondary N) is 1. The molecule has 0 radical (unpaired) electrons. The van der Waals surface area contributed by atoms with Crippen LogP contribution in [0.5, 0.6) is 0 Å². The van der Waals surface area contributed by atoms with Crippen LogP contribution < -0.4 is 11.1 Å². The molecule has 8 heteroatoms. The summed E-state index contributed by atoms with van der Waals surface area (Å²) in [5.41, 5.74) is 8.88. The number of benzene rings is 2. The highest BCUT2D eigenvalue weighted by atomic mass is 16.2. The van der Waals surface area contributed by atoms with Crippen LogP contribution in [-0.2, 0) is 21.7 Å². The van der Waals surface area contributed by atoms with Crippen molar-refractivity contribution in [2.45, 2.75) is 37.4 Å². The van der Waals surface area contributed by atoms with Gasteiger partial charge in [-0.15, -0.1) is 0 Å². The molecule has 0 aliphatic carbocycles. The minimum Gasteiger partial charge on any atom is -0.320 e. The molecule has 2 aromatic rings. The molecule has 2 unspecified atom stereocenters. The Balaban J connectivity index is 1.32. The first-order valence-corrected chi connectivity index (χ1v) is 10.8. The summed E-state index contributed by atoms with van der Waals surface area (Å²) in [7, 11) is 0. The van der Waals surface area contributed by atoms with Gasteiger partial charge in [0.2, 0.25) is 11.8 Å². The van der Waals surface area contributed by atoms with Crippen molar-refractivity contribution < 1.29 is 19.2 Å². The molecule has 164 valence electrons. The second-order valence-corrected chi connectivity index (χ2v) is 8.81. The molecule has 3 aliphatic rings. The fraction of sp³-hybridized carbons (Fsp3) is 0.333. The van der Waals surface area contributed by atoms with Crippen LogP contribution >= 0.6 is 0 Å². The first kappa shape index (κ1) is 20.5. The van der Waals surface area contributed by atoms with Crippen LogP contribution in [0.15, 0.2) is 48.5 Å². The highest BCUT2D eigenvalue weighted by Crippen LogP contribution is 2.32. The Morgan fingerprint density at radius 2 is 1.75 bits per heavy atom. The monoisotopic (exact) mass is 432 g/mol. The number of carbonyl (C=O) groups excluding carboxylic acids is 4. The van der Waals surface area contributed by atoms with E-state index < -0.39 is 29.3 Å². The van der Waals surface area contributed by atoms with Gasteiger partial charge in [0.15, 0.2) is 0 Å². The minimum absolute atomic E-state index is 0.103. The van der Waals surface area contributed by atoms with Crippen molar-refractivity contribution in [3.63, 3.8) is 0 Å². The number of nitrogens with zero attached hydrogens (tertiary/aromatic N) is 2. The molecule has 32 heavy (non-hydrogen) atoms. The smallest absolute Gasteiger partial charge is 0.262 e. The van der Waals surface area contributed by atoms with E-state index in [1.807, 2.05) is 36.4 Å². The molecule has 4 amide bonds. The molecule has 0 bridgehead atoms. The molecule has 8 nitrogen and oxygen atoms in total. The average Bonchev–Trinajstić information content (AvgIpc) is 3.27. The van der Waals surface area contributed by atoms with E-state index >= 15 is 0 Å². The van der Waals surface area contributed by atoms with Crippen molar-refractivity contribution in [3.8, 4) is 0 Å². The predicted molar refractivity (Wildman–Crippen MR) is 115 cm³/mol. The molecule has 2 aromatic carbocycles. The number of hydrogen-bond acceptors (Lipinski definition) is 6. The Bertz CT molecular complexity index is 1130. The fourth-order valence-electron chi connectivity index (χ4n) is 4.93. The van der Waals surface area contributed by atoms with Gasteiger partial charge in [0, 0.05) is 26.1 Å². The molecule has 3 N–H and O–H groups in total. The van der Waals surface area contributed by atoms with Gasteiger partial charge in [-0.3, -0.25) is 34.3 Å². The lowest BCUT2D eigenvalue weighted by atomic mass is 9.90. The molecule has 3 heterocycles. The number of imide groups is 2. The van der Waals surface area contributed by atoms with Gasteiger partial charge in [0.05, 0.1) is 16.7 Å². The Morgan fingerprint density at radius 1 is 1.00 bits per heavy atom. The van der Waals surface area contributed by atoms with E-state index in [2.05, 4.69) is 10.2 Å². The van der Waals surface area contributed by atoms with Crippen molar-refractivity contribution in [3.05, 3.63) is 70.8 Å². The Hall–Kier alpha value is -3.36. The van der Waals surface area contributed by atoms with E-state index in [1.54, 1.807) is 12.1 Å². The highest BCUT2D eigenvalue weighted by molar-refractivity contribution is 6.23. The lowest BCUT2D eigenvalue weighted by Crippen LogP contribution is -2.54. The summed E-state index contributed by atoms with van der Waals surface area (Å²) in [6.45, 7) is 2.14. The minimum atomic E-state index is -0.953. The largest absolute Gasteiger partial charge is 0.320 e. The molecule has 0 spiro atoms. The number of fused-ring (bicyclic) bond motifs is 1. The van der Waals surface area contributed by atoms with Crippen LogP contribution in [0.2, 0.25) is 0 Å². The SMILES string of the molecule is NC1(c2ccccc2)CCN(Cc2ccc3c(c2)C(=O)N(C2CCC(=O)NC2=O)C3=O)C1. The van der Waals surface area contributed by atoms with Crippen molar-refractivity contribution in [1.82, 2.24) is 15.1 Å². The molecule has 5 rings (SSSR count). The molecule has 2 saturated heterocycles. The fourth-order valence-corrected chi connectivity index (χ4v) is 4.93. The van der Waals surface area contributed by atoms with Gasteiger partial charge in [0.25, 0.3) is 11.8 Å². The Morgan fingerprint density at radius 3 is 2.50 bits per heavy atom. The summed E-state index contributed by atoms with van der Waals surface area (Å²) in [5.74, 6) is -1.96. The standard InChI is InChI=1S/C24H24N4O4/c25-24(16-4-2-1-3-5-16)10-11-27(14-24)13-15-6-7-17-18(12-15)23(32)28(22(17)31)19-8-9-20(29)26-21(19)30/h1-7,12,19H,8-11,13-14,25H2,(H,26,29,30). The first-order chi connectivity index (χ1) is 15.4. The molecular formula is C24H24N4O4. The maximum absolute atomic E-state index is 13.0. The van der Waals surface area contributed by atoms with Crippen molar-refractivity contribution in [2.75, 3.05) is 13.1 Å². The van der Waals surface area contributed by atoms with Gasteiger partial charge in [-0.2, -0.15) is 0 Å². The van der Waals surface area contributed by atoms with Gasteiger partial charge < -0.3 is 5.73 Å². The molecular weight excluding hydrogens is 408 g/mol. The van der Waals surface area contributed by atoms with Crippen LogP contribution in [0.3, 0.4) is 0 Å². The maximum Gasteiger partial charge on any atom is 0.262 e. The first-order valence-electron chi connectivity index (χ1n) is 10.8. The normalized spacial score (nSPS) is 25.9. The molecule has 3 aliphatic heterocycles. The second-order valence-electron chi connectivity index (χ2n) is 8.81. The summed E-state index contributed by atoms with van der Waals surface area (Å²) in [6.07, 6.45) is 1.09. The topological polar surface area (TPSA) is 113 Å². The average molecular weight is 432 g/mol. The molecule has 0 saturated carbocycles. The Labute approximate surface area is 185 Å². The maximum atomic E-state index is 13.0. The third-order valence-electron chi connectivity index (χ3n) is 6.64. The molecule has 2 atom stereocenters. The molecule has 0 aromatic heterocycles. The number of hydrogen-bond donors (Lipinski definition) is 2. The number of nitrogens with two attached hydrogens (primary N) is 1. The number of likely N-dealkylation sites (tertiary alicyclic amines) is 1. The van der Waals surface area contributed by atoms with Crippen LogP contribution in [0.1, 0.15) is 51.1 Å². The van der Waals surface area contributed by atoms with Crippen LogP contribution in [0, 0.1) is 0 Å². The summed E-state index contributed by atoms with van der Waals surface area (Å²) in [5, 5.41) is 2.21. The van der Waals surface area contributed by atoms with E-state index in [0.29, 0.717) is 24.2 Å². The van der Waals surface area contributed by atoms with Gasteiger partial charge >= 0.3 is 0 Å². The zero-order valence-corrected chi connectivity index (χ0v) is 17.5. The van der Waals surface area contributed by atoms with Crippen molar-refractivity contribution in [1.29, 1.82) is 0 Å². The quantitative estimate of drug-likeness (QED) is 0.701. The van der Waals surface area contributed by atoms with Crippen molar-refractivity contribution >= 4 is 23.6 Å². The van der Waals surface area contributed by atoms with Crippen LogP contribution in [-0.4, -0.2) is 52.6 Å². The zero-order valence-electron chi connectivity index (χ0n) is 17.5. The lowest BCUT2D eigenvalue weighted by molar-refractivity contribution is -0.136. The summed E-state index contributed by atoms with van der Waals surface area (Å²) >= 11 is 0. The summed E-state index contributed by atoms with van der Waals surface area (Å²) in [6, 6.07) is 14.3.